The number of aryl methyl sites for hydroxylation is 2. The topological polar surface area (TPSA) is 75.7 Å². The van der Waals surface area contributed by atoms with Gasteiger partial charge >= 0.3 is 0 Å². The lowest BCUT2D eigenvalue weighted by atomic mass is 10.1. The summed E-state index contributed by atoms with van der Waals surface area (Å²) in [7, 11) is -0.873. The first-order valence-electron chi connectivity index (χ1n) is 11.7. The van der Waals surface area contributed by atoms with Crippen LogP contribution in [-0.2, 0) is 16.4 Å². The Hall–Kier alpha value is -3.36. The van der Waals surface area contributed by atoms with Crippen LogP contribution in [0.15, 0.2) is 77.7 Å². The molecule has 0 spiro atoms. The van der Waals surface area contributed by atoms with Gasteiger partial charge in [0.2, 0.25) is 0 Å². The quantitative estimate of drug-likeness (QED) is 0.302. The molecule has 6 nitrogen and oxygen atoms in total. The van der Waals surface area contributed by atoms with E-state index in [0.29, 0.717) is 16.3 Å². The summed E-state index contributed by atoms with van der Waals surface area (Å²) in [5.41, 5.74) is 2.58. The zero-order valence-electron chi connectivity index (χ0n) is 20.8. The first-order chi connectivity index (χ1) is 17.2. The number of thiophene rings is 1. The van der Waals surface area contributed by atoms with Gasteiger partial charge in [-0.25, -0.2) is 8.42 Å². The maximum atomic E-state index is 13.4. The fourth-order valence-electron chi connectivity index (χ4n) is 4.01. The van der Waals surface area contributed by atoms with Crippen molar-refractivity contribution in [2.75, 3.05) is 18.5 Å². The summed E-state index contributed by atoms with van der Waals surface area (Å²) in [4.78, 5) is 13.6. The predicted molar refractivity (Wildman–Crippen MR) is 147 cm³/mol. The highest BCUT2D eigenvalue weighted by molar-refractivity contribution is 7.93. The number of nitrogens with zero attached hydrogens (tertiary/aromatic N) is 1. The Bertz CT molecular complexity index is 1480. The average molecular weight is 523 g/mol. The molecule has 0 saturated heterocycles. The summed E-state index contributed by atoms with van der Waals surface area (Å²) < 4.78 is 34.2. The molecule has 4 rings (SSSR count). The van der Waals surface area contributed by atoms with Gasteiger partial charge in [0.15, 0.2) is 0 Å². The number of fused-ring (bicyclic) bond motifs is 1. The maximum Gasteiger partial charge on any atom is 0.267 e. The highest BCUT2D eigenvalue weighted by Crippen LogP contribution is 2.33. The van der Waals surface area contributed by atoms with Gasteiger partial charge in [0.25, 0.3) is 15.9 Å². The molecule has 0 saturated carbocycles. The molecule has 1 heterocycles. The number of carbonyl (C=O) groups excluding carboxylic acids is 1. The summed E-state index contributed by atoms with van der Waals surface area (Å²) in [6.45, 7) is 3.84. The number of methoxy groups -OCH3 is 1. The molecule has 8 heteroatoms. The SMILES string of the molecule is COc1ccc(C)cc1S(=O)(=O)N(C)c1ccc2sc(C(=O)N[C@H](C)CCc3ccccc3)cc2c1. The van der Waals surface area contributed by atoms with Crippen LogP contribution in [0.1, 0.15) is 34.1 Å². The van der Waals surface area contributed by atoms with Crippen molar-refractivity contribution in [1.82, 2.24) is 5.32 Å². The van der Waals surface area contributed by atoms with Gasteiger partial charge in [-0.2, -0.15) is 0 Å². The van der Waals surface area contributed by atoms with Crippen molar-refractivity contribution >= 4 is 43.0 Å². The number of nitrogens with one attached hydrogen (secondary N) is 1. The van der Waals surface area contributed by atoms with Gasteiger partial charge in [0.05, 0.1) is 17.7 Å². The minimum Gasteiger partial charge on any atom is -0.495 e. The number of ether oxygens (including phenoxy) is 1. The lowest BCUT2D eigenvalue weighted by Crippen LogP contribution is -2.32. The zero-order chi connectivity index (χ0) is 25.9. The average Bonchev–Trinajstić information content (AvgIpc) is 3.31. The van der Waals surface area contributed by atoms with Gasteiger partial charge in [0.1, 0.15) is 10.6 Å². The molecule has 0 unspecified atom stereocenters. The monoisotopic (exact) mass is 522 g/mol. The number of rotatable bonds is 9. The van der Waals surface area contributed by atoms with Crippen LogP contribution in [0, 0.1) is 6.92 Å². The number of carbonyl (C=O) groups is 1. The Morgan fingerprint density at radius 1 is 1.06 bits per heavy atom. The molecule has 0 fully saturated rings. The second-order valence-electron chi connectivity index (χ2n) is 8.86. The van der Waals surface area contributed by atoms with Crippen LogP contribution in [0.4, 0.5) is 5.69 Å². The summed E-state index contributed by atoms with van der Waals surface area (Å²) in [6.07, 6.45) is 1.74. The highest BCUT2D eigenvalue weighted by atomic mass is 32.2. The molecule has 0 aliphatic heterocycles. The Morgan fingerprint density at radius 2 is 1.81 bits per heavy atom. The van der Waals surface area contributed by atoms with Gasteiger partial charge in [0, 0.05) is 17.8 Å². The molecular formula is C28H30N2O4S2. The number of benzene rings is 3. The fourth-order valence-corrected chi connectivity index (χ4v) is 6.38. The third-order valence-electron chi connectivity index (χ3n) is 6.13. The minimum atomic E-state index is -3.85. The third kappa shape index (κ3) is 5.55. The molecule has 1 aromatic heterocycles. The van der Waals surface area contributed by atoms with Crippen LogP contribution < -0.4 is 14.4 Å². The van der Waals surface area contributed by atoms with Gasteiger partial charge in [-0.1, -0.05) is 36.4 Å². The number of sulfonamides is 1. The van der Waals surface area contributed by atoms with Crippen LogP contribution in [0.25, 0.3) is 10.1 Å². The van der Waals surface area contributed by atoms with Crippen LogP contribution in [-0.4, -0.2) is 34.5 Å². The number of anilines is 1. The van der Waals surface area contributed by atoms with Crippen molar-refractivity contribution in [2.45, 2.75) is 37.6 Å². The molecule has 0 aliphatic carbocycles. The van der Waals surface area contributed by atoms with E-state index in [1.807, 2.05) is 50.2 Å². The van der Waals surface area contributed by atoms with Crippen LogP contribution in [0.3, 0.4) is 0 Å². The molecule has 1 N–H and O–H groups in total. The van der Waals surface area contributed by atoms with Gasteiger partial charge in [-0.05, 0) is 79.6 Å². The zero-order valence-corrected chi connectivity index (χ0v) is 22.4. The predicted octanol–water partition coefficient (Wildman–Crippen LogP) is 5.79. The first kappa shape index (κ1) is 25.7. The maximum absolute atomic E-state index is 13.4. The summed E-state index contributed by atoms with van der Waals surface area (Å²) in [6, 6.07) is 22.5. The second kappa shape index (κ2) is 10.7. The standard InChI is InChI=1S/C28H30N2O4S2/c1-19-10-14-24(34-4)27(16-19)36(32,33)30(3)23-13-15-25-22(17-23)18-26(35-25)28(31)29-20(2)11-12-21-8-6-5-7-9-21/h5-10,13-18,20H,11-12H2,1-4H3,(H,29,31)/t20-/m1/s1. The smallest absolute Gasteiger partial charge is 0.267 e. The van der Waals surface area contributed by atoms with E-state index < -0.39 is 10.0 Å². The van der Waals surface area contributed by atoms with E-state index in [9.17, 15) is 13.2 Å². The van der Waals surface area contributed by atoms with Crippen molar-refractivity contribution < 1.29 is 17.9 Å². The highest BCUT2D eigenvalue weighted by Gasteiger charge is 2.26. The molecular weight excluding hydrogens is 492 g/mol. The van der Waals surface area contributed by atoms with Crippen molar-refractivity contribution in [3.8, 4) is 5.75 Å². The molecule has 0 radical (unpaired) electrons. The molecule has 36 heavy (non-hydrogen) atoms. The van der Waals surface area contributed by atoms with Crippen molar-refractivity contribution in [2.24, 2.45) is 0 Å². The Kier molecular flexibility index (Phi) is 7.66. The molecule has 3 aromatic carbocycles. The van der Waals surface area contributed by atoms with E-state index in [4.69, 9.17) is 4.74 Å². The minimum absolute atomic E-state index is 0.0269. The van der Waals surface area contributed by atoms with Crippen LogP contribution >= 0.6 is 11.3 Å². The lowest BCUT2D eigenvalue weighted by Gasteiger charge is -2.21. The summed E-state index contributed by atoms with van der Waals surface area (Å²) in [5, 5.41) is 3.90. The Balaban J connectivity index is 1.50. The van der Waals surface area contributed by atoms with Gasteiger partial charge in [-0.15, -0.1) is 11.3 Å². The van der Waals surface area contributed by atoms with E-state index in [1.54, 1.807) is 24.3 Å². The molecule has 188 valence electrons. The second-order valence-corrected chi connectivity index (χ2v) is 11.9. The van der Waals surface area contributed by atoms with E-state index >= 15 is 0 Å². The largest absolute Gasteiger partial charge is 0.495 e. The summed E-state index contributed by atoms with van der Waals surface area (Å²) in [5.74, 6) is 0.174. The Morgan fingerprint density at radius 3 is 2.53 bits per heavy atom. The lowest BCUT2D eigenvalue weighted by molar-refractivity contribution is 0.0942. The van der Waals surface area contributed by atoms with Crippen LogP contribution in [0.2, 0.25) is 0 Å². The molecule has 0 aliphatic rings. The van der Waals surface area contributed by atoms with E-state index in [2.05, 4.69) is 17.4 Å². The first-order valence-corrected chi connectivity index (χ1v) is 14.0. The third-order valence-corrected chi connectivity index (χ3v) is 9.05. The Labute approximate surface area is 216 Å². The number of amides is 1. The molecule has 1 amide bonds. The number of hydrogen-bond acceptors (Lipinski definition) is 5. The van der Waals surface area contributed by atoms with E-state index in [1.165, 1.54) is 35.4 Å². The number of hydrogen-bond donors (Lipinski definition) is 1. The van der Waals surface area contributed by atoms with E-state index in [-0.39, 0.29) is 16.8 Å². The van der Waals surface area contributed by atoms with E-state index in [0.717, 1.165) is 28.5 Å². The molecule has 4 aromatic rings. The van der Waals surface area contributed by atoms with Crippen molar-refractivity contribution in [1.29, 1.82) is 0 Å². The molecule has 1 atom stereocenters. The van der Waals surface area contributed by atoms with Gasteiger partial charge < -0.3 is 10.1 Å². The molecule has 0 bridgehead atoms. The van der Waals surface area contributed by atoms with Gasteiger partial charge in [-0.3, -0.25) is 9.10 Å². The van der Waals surface area contributed by atoms with Crippen molar-refractivity contribution in [3.05, 3.63) is 88.8 Å². The summed E-state index contributed by atoms with van der Waals surface area (Å²) >= 11 is 1.39. The van der Waals surface area contributed by atoms with Crippen molar-refractivity contribution in [3.63, 3.8) is 0 Å². The normalized spacial score (nSPS) is 12.3. The van der Waals surface area contributed by atoms with Crippen LogP contribution in [0.5, 0.6) is 5.75 Å². The fraction of sp³-hybridized carbons (Fsp3) is 0.250.